The summed E-state index contributed by atoms with van der Waals surface area (Å²) in [7, 11) is 0. The minimum Gasteiger partial charge on any atom is -0.349 e. The van der Waals surface area contributed by atoms with Crippen molar-refractivity contribution in [2.24, 2.45) is 0 Å². The molecule has 9 heteroatoms. The summed E-state index contributed by atoms with van der Waals surface area (Å²) in [6, 6.07) is 6.07. The van der Waals surface area contributed by atoms with Gasteiger partial charge in [0, 0.05) is 24.8 Å². The minimum atomic E-state index is -0.111. The Morgan fingerprint density at radius 1 is 1.22 bits per heavy atom. The van der Waals surface area contributed by atoms with Crippen LogP contribution in [0.2, 0.25) is 0 Å². The molecule has 1 aromatic carbocycles. The Labute approximate surface area is 196 Å². The number of amides is 1. The van der Waals surface area contributed by atoms with Crippen LogP contribution in [-0.2, 0) is 17.6 Å². The van der Waals surface area contributed by atoms with E-state index in [1.165, 1.54) is 40.6 Å². The van der Waals surface area contributed by atoms with E-state index in [1.54, 1.807) is 4.57 Å². The maximum Gasteiger partial charge on any atom is 0.274 e. The number of nitrogens with one attached hydrogen (secondary N) is 1. The smallest absolute Gasteiger partial charge is 0.274 e. The monoisotopic (exact) mass is 471 g/mol. The van der Waals surface area contributed by atoms with Gasteiger partial charge in [-0.1, -0.05) is 29.2 Å². The maximum absolute atomic E-state index is 13.2. The standard InChI is InChI=1S/C23H29N5O2S2/c1-5-27(6-2)22-25-20-19(32-22)21(30)28(14(3)4)23(26-20)31-13-18(29)24-17-11-10-15-8-7-9-16(15)12-17/h10-12,14H,5-9,13H2,1-4H3,(H,24,29). The zero-order chi connectivity index (χ0) is 22.8. The molecule has 0 atom stereocenters. The summed E-state index contributed by atoms with van der Waals surface area (Å²) in [5.74, 6) is 0.0640. The van der Waals surface area contributed by atoms with Crippen LogP contribution in [-0.4, -0.2) is 39.3 Å². The molecular weight excluding hydrogens is 442 g/mol. The number of nitrogens with zero attached hydrogens (tertiary/aromatic N) is 4. The van der Waals surface area contributed by atoms with Crippen LogP contribution in [0.1, 0.15) is 51.3 Å². The second-order valence-corrected chi connectivity index (χ2v) is 10.1. The normalized spacial score (nSPS) is 13.0. The number of aryl methyl sites for hydroxylation is 2. The second-order valence-electron chi connectivity index (χ2n) is 8.16. The fraction of sp³-hybridized carbons (Fsp3) is 0.478. The molecule has 1 aliphatic rings. The maximum atomic E-state index is 13.2. The van der Waals surface area contributed by atoms with Gasteiger partial charge in [0.2, 0.25) is 5.91 Å². The summed E-state index contributed by atoms with van der Waals surface area (Å²) in [5, 5.41) is 4.31. The largest absolute Gasteiger partial charge is 0.349 e. The van der Waals surface area contributed by atoms with Crippen molar-refractivity contribution >= 4 is 50.2 Å². The zero-order valence-corrected chi connectivity index (χ0v) is 20.6. The SMILES string of the molecule is CCN(CC)c1nc2nc(SCC(=O)Nc3ccc4c(c3)CCC4)n(C(C)C)c(=O)c2s1. The van der Waals surface area contributed by atoms with Crippen molar-refractivity contribution < 1.29 is 4.79 Å². The first-order chi connectivity index (χ1) is 15.4. The first-order valence-corrected chi connectivity index (χ1v) is 12.9. The van der Waals surface area contributed by atoms with E-state index in [0.717, 1.165) is 36.8 Å². The number of fused-ring (bicyclic) bond motifs is 2. The van der Waals surface area contributed by atoms with E-state index in [0.29, 0.717) is 15.5 Å². The average molecular weight is 472 g/mol. The molecule has 1 N–H and O–H groups in total. The number of thiazole rings is 1. The number of hydrogen-bond donors (Lipinski definition) is 1. The summed E-state index contributed by atoms with van der Waals surface area (Å²) < 4.78 is 2.23. The molecule has 2 aromatic heterocycles. The highest BCUT2D eigenvalue weighted by molar-refractivity contribution is 7.99. The van der Waals surface area contributed by atoms with Crippen LogP contribution >= 0.6 is 23.1 Å². The van der Waals surface area contributed by atoms with Crippen LogP contribution in [0.25, 0.3) is 10.3 Å². The lowest BCUT2D eigenvalue weighted by molar-refractivity contribution is -0.113. The minimum absolute atomic E-state index is 0.0688. The molecule has 170 valence electrons. The van der Waals surface area contributed by atoms with Gasteiger partial charge >= 0.3 is 0 Å². The lowest BCUT2D eigenvalue weighted by atomic mass is 10.1. The number of carbonyl (C=O) groups is 1. The van der Waals surface area contributed by atoms with E-state index < -0.39 is 0 Å². The van der Waals surface area contributed by atoms with Gasteiger partial charge in [0.15, 0.2) is 15.9 Å². The summed E-state index contributed by atoms with van der Waals surface area (Å²) in [6.45, 7) is 9.68. The molecule has 2 heterocycles. The van der Waals surface area contributed by atoms with Crippen molar-refractivity contribution in [2.45, 2.75) is 58.2 Å². The second kappa shape index (κ2) is 9.62. The number of aromatic nitrogens is 3. The van der Waals surface area contributed by atoms with Gasteiger partial charge < -0.3 is 10.2 Å². The first-order valence-electron chi connectivity index (χ1n) is 11.1. The molecule has 0 bridgehead atoms. The third-order valence-electron chi connectivity index (χ3n) is 5.68. The van der Waals surface area contributed by atoms with Crippen molar-refractivity contribution in [3.8, 4) is 0 Å². The zero-order valence-electron chi connectivity index (χ0n) is 19.0. The Kier molecular flexibility index (Phi) is 6.85. The third-order valence-corrected chi connectivity index (χ3v) is 7.73. The molecule has 0 spiro atoms. The van der Waals surface area contributed by atoms with Gasteiger partial charge in [-0.2, -0.15) is 4.98 Å². The number of thioether (sulfide) groups is 1. The molecule has 3 aromatic rings. The molecular formula is C23H29N5O2S2. The number of rotatable bonds is 8. The van der Waals surface area contributed by atoms with Crippen LogP contribution in [0.4, 0.5) is 10.8 Å². The fourth-order valence-corrected chi connectivity index (χ4v) is 6.01. The molecule has 1 aliphatic carbocycles. The van der Waals surface area contributed by atoms with Crippen molar-refractivity contribution in [2.75, 3.05) is 29.1 Å². The molecule has 1 amide bonds. The molecule has 7 nitrogen and oxygen atoms in total. The molecule has 0 aliphatic heterocycles. The van der Waals surface area contributed by atoms with Crippen LogP contribution in [0.5, 0.6) is 0 Å². The molecule has 0 fully saturated rings. The lowest BCUT2D eigenvalue weighted by Gasteiger charge is -2.15. The lowest BCUT2D eigenvalue weighted by Crippen LogP contribution is -2.25. The highest BCUT2D eigenvalue weighted by Crippen LogP contribution is 2.29. The van der Waals surface area contributed by atoms with Crippen molar-refractivity contribution in [1.82, 2.24) is 14.5 Å². The third kappa shape index (κ3) is 4.54. The fourth-order valence-electron chi connectivity index (χ4n) is 4.02. The first kappa shape index (κ1) is 22.8. The molecule has 0 saturated carbocycles. The summed E-state index contributed by atoms with van der Waals surface area (Å²) in [4.78, 5) is 37.2. The van der Waals surface area contributed by atoms with Gasteiger partial charge in [0.1, 0.15) is 4.70 Å². The van der Waals surface area contributed by atoms with E-state index >= 15 is 0 Å². The van der Waals surface area contributed by atoms with Crippen LogP contribution < -0.4 is 15.8 Å². The molecule has 32 heavy (non-hydrogen) atoms. The number of carbonyl (C=O) groups excluding carboxylic acids is 1. The Balaban J connectivity index is 1.55. The highest BCUT2D eigenvalue weighted by Gasteiger charge is 2.20. The number of hydrogen-bond acceptors (Lipinski definition) is 7. The molecule has 0 unspecified atom stereocenters. The number of anilines is 2. The van der Waals surface area contributed by atoms with Gasteiger partial charge in [-0.05, 0) is 70.2 Å². The van der Waals surface area contributed by atoms with Crippen LogP contribution in [0.3, 0.4) is 0 Å². The van der Waals surface area contributed by atoms with Crippen LogP contribution in [0, 0.1) is 0 Å². The molecule has 4 rings (SSSR count). The van der Waals surface area contributed by atoms with Crippen LogP contribution in [0.15, 0.2) is 28.2 Å². The predicted molar refractivity (Wildman–Crippen MR) is 133 cm³/mol. The van der Waals surface area contributed by atoms with Gasteiger partial charge in [0.25, 0.3) is 5.56 Å². The van der Waals surface area contributed by atoms with Gasteiger partial charge in [-0.3, -0.25) is 14.2 Å². The van der Waals surface area contributed by atoms with E-state index in [-0.39, 0.29) is 23.3 Å². The Bertz CT molecular complexity index is 1200. The Morgan fingerprint density at radius 3 is 2.69 bits per heavy atom. The summed E-state index contributed by atoms with van der Waals surface area (Å²) in [5.41, 5.74) is 3.89. The van der Waals surface area contributed by atoms with Gasteiger partial charge in [0.05, 0.1) is 5.75 Å². The predicted octanol–water partition coefficient (Wildman–Crippen LogP) is 4.50. The van der Waals surface area contributed by atoms with Crippen molar-refractivity contribution in [3.05, 3.63) is 39.7 Å². The van der Waals surface area contributed by atoms with Gasteiger partial charge in [-0.25, -0.2) is 4.98 Å². The van der Waals surface area contributed by atoms with Gasteiger partial charge in [-0.15, -0.1) is 0 Å². The summed E-state index contributed by atoms with van der Waals surface area (Å²) >= 11 is 2.66. The average Bonchev–Trinajstić information content (AvgIpc) is 3.39. The van der Waals surface area contributed by atoms with Crippen molar-refractivity contribution in [1.29, 1.82) is 0 Å². The van der Waals surface area contributed by atoms with E-state index in [4.69, 9.17) is 0 Å². The molecule has 0 saturated heterocycles. The number of benzene rings is 1. The topological polar surface area (TPSA) is 80.1 Å². The molecule has 0 radical (unpaired) electrons. The van der Waals surface area contributed by atoms with E-state index in [2.05, 4.69) is 46.2 Å². The quantitative estimate of drug-likeness (QED) is 0.385. The summed E-state index contributed by atoms with van der Waals surface area (Å²) in [6.07, 6.45) is 3.37. The highest BCUT2D eigenvalue weighted by atomic mass is 32.2. The van der Waals surface area contributed by atoms with E-state index in [9.17, 15) is 9.59 Å². The Morgan fingerprint density at radius 2 is 1.97 bits per heavy atom. The Hall–Kier alpha value is -2.39. The van der Waals surface area contributed by atoms with E-state index in [1.807, 2.05) is 19.9 Å². The van der Waals surface area contributed by atoms with Crippen molar-refractivity contribution in [3.63, 3.8) is 0 Å².